The van der Waals surface area contributed by atoms with Crippen LogP contribution in [0, 0.1) is 10.1 Å². The molecule has 122 valence electrons. The van der Waals surface area contributed by atoms with E-state index in [1.165, 1.54) is 12.1 Å². The lowest BCUT2D eigenvalue weighted by molar-refractivity contribution is -0.384. The van der Waals surface area contributed by atoms with Crippen LogP contribution in [0.15, 0.2) is 47.3 Å². The van der Waals surface area contributed by atoms with Gasteiger partial charge in [-0.1, -0.05) is 0 Å². The van der Waals surface area contributed by atoms with E-state index in [9.17, 15) is 10.1 Å². The first-order valence-electron chi connectivity index (χ1n) is 6.81. The van der Waals surface area contributed by atoms with Gasteiger partial charge in [0.2, 0.25) is 5.95 Å². The van der Waals surface area contributed by atoms with Crippen molar-refractivity contribution in [3.63, 3.8) is 0 Å². The average Bonchev–Trinajstić information content (AvgIpc) is 2.94. The summed E-state index contributed by atoms with van der Waals surface area (Å²) in [4.78, 5) is 18.9. The Bertz CT molecular complexity index is 896. The molecule has 0 saturated carbocycles. The number of aryl methyl sites for hydroxylation is 1. The molecule has 2 N–H and O–H groups in total. The first-order chi connectivity index (χ1) is 11.5. The molecule has 2 heterocycles. The number of nitro benzene ring substituents is 1. The highest BCUT2D eigenvalue weighted by molar-refractivity contribution is 9.10. The SMILES string of the molecule is Cn1cc(Nc2nccc(Nc3cc([N+](=O)[O-])ccc3Br)n2)cn1. The maximum atomic E-state index is 10.9. The Balaban J connectivity index is 1.82. The highest BCUT2D eigenvalue weighted by Gasteiger charge is 2.10. The Morgan fingerprint density at radius 2 is 2.12 bits per heavy atom. The maximum absolute atomic E-state index is 10.9. The molecule has 1 aromatic carbocycles. The molecule has 0 aliphatic heterocycles. The molecule has 0 amide bonds. The second-order valence-corrected chi connectivity index (χ2v) is 5.69. The van der Waals surface area contributed by atoms with Gasteiger partial charge in [-0.25, -0.2) is 4.98 Å². The van der Waals surface area contributed by atoms with Gasteiger partial charge in [0, 0.05) is 36.0 Å². The van der Waals surface area contributed by atoms with Crippen LogP contribution in [0.1, 0.15) is 0 Å². The summed E-state index contributed by atoms with van der Waals surface area (Å²) in [5.41, 5.74) is 1.28. The van der Waals surface area contributed by atoms with Crippen molar-refractivity contribution < 1.29 is 4.92 Å². The lowest BCUT2D eigenvalue weighted by Crippen LogP contribution is -2.00. The summed E-state index contributed by atoms with van der Waals surface area (Å²) < 4.78 is 2.35. The number of hydrogen-bond acceptors (Lipinski definition) is 7. The summed E-state index contributed by atoms with van der Waals surface area (Å²) >= 11 is 3.36. The zero-order valence-corrected chi connectivity index (χ0v) is 14.1. The van der Waals surface area contributed by atoms with Crippen LogP contribution < -0.4 is 10.6 Å². The van der Waals surface area contributed by atoms with Crippen molar-refractivity contribution in [2.45, 2.75) is 0 Å². The predicted molar refractivity (Wildman–Crippen MR) is 92.6 cm³/mol. The highest BCUT2D eigenvalue weighted by atomic mass is 79.9. The lowest BCUT2D eigenvalue weighted by atomic mass is 10.3. The molecular weight excluding hydrogens is 378 g/mol. The van der Waals surface area contributed by atoms with E-state index >= 15 is 0 Å². The number of benzene rings is 1. The molecule has 0 unspecified atom stereocenters. The van der Waals surface area contributed by atoms with Crippen molar-refractivity contribution in [2.75, 3.05) is 10.6 Å². The van der Waals surface area contributed by atoms with Gasteiger partial charge in [-0.15, -0.1) is 0 Å². The predicted octanol–water partition coefficient (Wildman–Crippen LogP) is 3.37. The van der Waals surface area contributed by atoms with Crippen molar-refractivity contribution >= 4 is 44.8 Å². The molecule has 0 spiro atoms. The first-order valence-corrected chi connectivity index (χ1v) is 7.60. The van der Waals surface area contributed by atoms with Gasteiger partial charge in [0.1, 0.15) is 5.82 Å². The van der Waals surface area contributed by atoms with Gasteiger partial charge in [0.25, 0.3) is 5.69 Å². The van der Waals surface area contributed by atoms with E-state index in [1.54, 1.807) is 35.4 Å². The number of nitrogens with zero attached hydrogens (tertiary/aromatic N) is 5. The van der Waals surface area contributed by atoms with E-state index in [1.807, 2.05) is 7.05 Å². The number of nitro groups is 1. The maximum Gasteiger partial charge on any atom is 0.271 e. The summed E-state index contributed by atoms with van der Waals surface area (Å²) in [6.07, 6.45) is 5.03. The van der Waals surface area contributed by atoms with Gasteiger partial charge >= 0.3 is 0 Å². The standard InChI is InChI=1S/C14H12BrN7O2/c1-21-8-9(7-17-21)18-14-16-5-4-13(20-14)19-12-6-10(22(23)24)2-3-11(12)15/h2-8H,1H3,(H2,16,18,19,20). The van der Waals surface area contributed by atoms with Gasteiger partial charge in [-0.05, 0) is 28.1 Å². The fourth-order valence-corrected chi connectivity index (χ4v) is 2.31. The largest absolute Gasteiger partial charge is 0.339 e. The number of halogens is 1. The smallest absolute Gasteiger partial charge is 0.271 e. The number of nitrogens with one attached hydrogen (secondary N) is 2. The minimum atomic E-state index is -0.451. The topological polar surface area (TPSA) is 111 Å². The molecule has 10 heteroatoms. The van der Waals surface area contributed by atoms with Crippen LogP contribution in [0.25, 0.3) is 0 Å². The van der Waals surface area contributed by atoms with E-state index in [0.717, 1.165) is 5.69 Å². The average molecular weight is 390 g/mol. The third-order valence-corrected chi connectivity index (χ3v) is 3.73. The minimum absolute atomic E-state index is 0.0107. The molecule has 0 fully saturated rings. The Kier molecular flexibility index (Phi) is 4.38. The molecule has 3 aromatic rings. The quantitative estimate of drug-likeness (QED) is 0.508. The van der Waals surface area contributed by atoms with Crippen LogP contribution in [0.4, 0.5) is 28.8 Å². The van der Waals surface area contributed by atoms with Crippen molar-refractivity contribution in [3.05, 3.63) is 57.4 Å². The van der Waals surface area contributed by atoms with E-state index in [4.69, 9.17) is 0 Å². The van der Waals surface area contributed by atoms with Crippen LogP contribution in [0.5, 0.6) is 0 Å². The fraction of sp³-hybridized carbons (Fsp3) is 0.0714. The summed E-state index contributed by atoms with van der Waals surface area (Å²) in [7, 11) is 1.81. The van der Waals surface area contributed by atoms with E-state index < -0.39 is 4.92 Å². The number of anilines is 4. The van der Waals surface area contributed by atoms with Gasteiger partial charge in [-0.3, -0.25) is 14.8 Å². The van der Waals surface area contributed by atoms with Crippen molar-refractivity contribution in [1.29, 1.82) is 0 Å². The van der Waals surface area contributed by atoms with Crippen LogP contribution in [0.2, 0.25) is 0 Å². The van der Waals surface area contributed by atoms with Crippen LogP contribution in [0.3, 0.4) is 0 Å². The van der Waals surface area contributed by atoms with E-state index in [0.29, 0.717) is 21.9 Å². The summed E-state index contributed by atoms with van der Waals surface area (Å²) in [5, 5.41) is 21.0. The van der Waals surface area contributed by atoms with Crippen LogP contribution in [-0.4, -0.2) is 24.7 Å². The third-order valence-electron chi connectivity index (χ3n) is 3.04. The monoisotopic (exact) mass is 389 g/mol. The molecular formula is C14H12BrN7O2. The molecule has 3 rings (SSSR count). The molecule has 2 aromatic heterocycles. The van der Waals surface area contributed by atoms with Gasteiger partial charge in [-0.2, -0.15) is 10.1 Å². The molecule has 24 heavy (non-hydrogen) atoms. The Morgan fingerprint density at radius 1 is 1.29 bits per heavy atom. The minimum Gasteiger partial charge on any atom is -0.339 e. The normalized spacial score (nSPS) is 10.4. The lowest BCUT2D eigenvalue weighted by Gasteiger charge is -2.09. The molecule has 0 bridgehead atoms. The fourth-order valence-electron chi connectivity index (χ4n) is 1.96. The third kappa shape index (κ3) is 3.66. The Morgan fingerprint density at radius 3 is 2.83 bits per heavy atom. The van der Waals surface area contributed by atoms with Crippen molar-refractivity contribution in [1.82, 2.24) is 19.7 Å². The number of aromatic nitrogens is 4. The zero-order chi connectivity index (χ0) is 17.1. The molecule has 9 nitrogen and oxygen atoms in total. The summed E-state index contributed by atoms with van der Waals surface area (Å²) in [6.45, 7) is 0. The zero-order valence-electron chi connectivity index (χ0n) is 12.5. The molecule has 0 aliphatic rings. The number of rotatable bonds is 5. The summed E-state index contributed by atoms with van der Waals surface area (Å²) in [5.74, 6) is 0.882. The molecule has 0 aliphatic carbocycles. The van der Waals surface area contributed by atoms with E-state index in [2.05, 4.69) is 41.6 Å². The number of hydrogen-bond donors (Lipinski definition) is 2. The van der Waals surface area contributed by atoms with Crippen LogP contribution in [-0.2, 0) is 7.05 Å². The van der Waals surface area contributed by atoms with E-state index in [-0.39, 0.29) is 5.69 Å². The number of non-ortho nitro benzene ring substituents is 1. The van der Waals surface area contributed by atoms with Gasteiger partial charge in [0.15, 0.2) is 0 Å². The first kappa shape index (κ1) is 15.9. The summed E-state index contributed by atoms with van der Waals surface area (Å²) in [6, 6.07) is 6.13. The second kappa shape index (κ2) is 6.62. The second-order valence-electron chi connectivity index (χ2n) is 4.84. The molecule has 0 saturated heterocycles. The van der Waals surface area contributed by atoms with Crippen molar-refractivity contribution in [2.24, 2.45) is 7.05 Å². The van der Waals surface area contributed by atoms with Crippen LogP contribution >= 0.6 is 15.9 Å². The van der Waals surface area contributed by atoms with Gasteiger partial charge in [0.05, 0.1) is 22.5 Å². The Labute approximate surface area is 145 Å². The van der Waals surface area contributed by atoms with Crippen molar-refractivity contribution in [3.8, 4) is 0 Å². The molecule has 0 atom stereocenters. The molecule has 0 radical (unpaired) electrons. The highest BCUT2D eigenvalue weighted by Crippen LogP contribution is 2.29. The van der Waals surface area contributed by atoms with Gasteiger partial charge < -0.3 is 10.6 Å². The Hall–Kier alpha value is -3.01.